The predicted molar refractivity (Wildman–Crippen MR) is 81.9 cm³/mol. The summed E-state index contributed by atoms with van der Waals surface area (Å²) in [6.07, 6.45) is -3.79. The number of carbonyl (C=O) groups excluding carboxylic acids is 1. The molecule has 0 amide bonds. The van der Waals surface area contributed by atoms with Gasteiger partial charge in [-0.15, -0.1) is 24.8 Å². The number of halogens is 4. The van der Waals surface area contributed by atoms with Gasteiger partial charge in [-0.3, -0.25) is 4.79 Å². The van der Waals surface area contributed by atoms with E-state index in [0.29, 0.717) is 31.6 Å². The number of benzene rings is 1. The molecule has 0 atom stereocenters. The van der Waals surface area contributed by atoms with Gasteiger partial charge < -0.3 is 9.47 Å². The van der Waals surface area contributed by atoms with Gasteiger partial charge in [0, 0.05) is 13.2 Å². The van der Waals surface area contributed by atoms with Crippen LogP contribution in [-0.4, -0.2) is 31.2 Å². The maximum atomic E-state index is 12.2. The molecule has 1 aliphatic rings. The molecule has 1 aromatic carbocycles. The molecule has 130 valence electrons. The van der Waals surface area contributed by atoms with Gasteiger partial charge in [0.15, 0.2) is 5.78 Å². The Balaban J connectivity index is 0.00000127. The van der Waals surface area contributed by atoms with Crippen LogP contribution in [0.4, 0.5) is 13.2 Å². The van der Waals surface area contributed by atoms with E-state index in [0.717, 1.165) is 0 Å². The number of ether oxygens (including phenoxy) is 2. The number of carbonyl (C=O) groups is 1. The predicted octanol–water partition coefficient (Wildman–Crippen LogP) is 4.47. The van der Waals surface area contributed by atoms with Gasteiger partial charge in [-0.25, -0.2) is 0 Å². The van der Waals surface area contributed by atoms with E-state index in [9.17, 15) is 18.0 Å². The number of ketones is 1. The van der Waals surface area contributed by atoms with Crippen molar-refractivity contribution in [3.05, 3.63) is 29.8 Å². The molecule has 7 heteroatoms. The normalized spacial score (nSPS) is 17.0. The van der Waals surface area contributed by atoms with Crippen molar-refractivity contribution in [2.45, 2.75) is 38.5 Å². The maximum Gasteiger partial charge on any atom is 0.573 e. The van der Waals surface area contributed by atoms with Gasteiger partial charge in [0.05, 0.1) is 11.3 Å². The van der Waals surface area contributed by atoms with Crippen molar-refractivity contribution < 1.29 is 27.4 Å². The first-order chi connectivity index (χ1) is 10.9. The fourth-order valence-electron chi connectivity index (χ4n) is 2.55. The lowest BCUT2D eigenvalue weighted by molar-refractivity contribution is -0.274. The zero-order valence-corrected chi connectivity index (χ0v) is 13.8. The van der Waals surface area contributed by atoms with Crippen LogP contribution < -0.4 is 4.74 Å². The van der Waals surface area contributed by atoms with E-state index in [2.05, 4.69) is 4.74 Å². The summed E-state index contributed by atoms with van der Waals surface area (Å²) in [6.45, 7) is 4.84. The van der Waals surface area contributed by atoms with Gasteiger partial charge in [-0.1, -0.05) is 26.0 Å². The van der Waals surface area contributed by atoms with E-state index in [-0.39, 0.29) is 17.4 Å². The molecule has 3 nitrogen and oxygen atoms in total. The summed E-state index contributed by atoms with van der Waals surface area (Å²) < 4.78 is 45.5. The lowest BCUT2D eigenvalue weighted by atomic mass is 9.71. The van der Waals surface area contributed by atoms with Crippen LogP contribution in [0.5, 0.6) is 5.75 Å². The highest BCUT2D eigenvalue weighted by Crippen LogP contribution is 2.37. The topological polar surface area (TPSA) is 35.5 Å². The minimum atomic E-state index is -4.73. The molecule has 0 spiro atoms. The Morgan fingerprint density at radius 3 is 2.17 bits per heavy atom. The van der Waals surface area contributed by atoms with Crippen LogP contribution in [-0.2, 0) is 14.9 Å². The SMILES string of the molecule is CC.O=C(CCl)C1(c2ccc(OC(F)(F)F)cc2)CCOCC1. The summed E-state index contributed by atoms with van der Waals surface area (Å²) in [7, 11) is 0. The van der Waals surface area contributed by atoms with Gasteiger partial charge in [-0.05, 0) is 30.5 Å². The van der Waals surface area contributed by atoms with Crippen molar-refractivity contribution in [3.8, 4) is 5.75 Å². The van der Waals surface area contributed by atoms with Crippen molar-refractivity contribution in [2.24, 2.45) is 0 Å². The molecule has 0 aliphatic carbocycles. The molecule has 1 fully saturated rings. The highest BCUT2D eigenvalue weighted by Gasteiger charge is 2.41. The Bertz CT molecular complexity index is 494. The number of rotatable bonds is 4. The van der Waals surface area contributed by atoms with Gasteiger partial charge in [0.25, 0.3) is 0 Å². The summed E-state index contributed by atoms with van der Waals surface area (Å²) >= 11 is 5.68. The lowest BCUT2D eigenvalue weighted by Crippen LogP contribution is -2.42. The van der Waals surface area contributed by atoms with Crippen molar-refractivity contribution in [2.75, 3.05) is 19.1 Å². The van der Waals surface area contributed by atoms with E-state index in [1.165, 1.54) is 24.3 Å². The molecule has 1 saturated heterocycles. The average molecular weight is 353 g/mol. The average Bonchev–Trinajstić information content (AvgIpc) is 2.55. The third-order valence-electron chi connectivity index (χ3n) is 3.64. The Labute approximate surface area is 138 Å². The van der Waals surface area contributed by atoms with Crippen LogP contribution in [0.1, 0.15) is 32.3 Å². The van der Waals surface area contributed by atoms with Crippen LogP contribution in [0.25, 0.3) is 0 Å². The molecular weight excluding hydrogens is 333 g/mol. The molecule has 0 saturated carbocycles. The van der Waals surface area contributed by atoms with Crippen molar-refractivity contribution in [3.63, 3.8) is 0 Å². The van der Waals surface area contributed by atoms with Gasteiger partial charge in [0.1, 0.15) is 5.75 Å². The van der Waals surface area contributed by atoms with Crippen molar-refractivity contribution >= 4 is 17.4 Å². The molecule has 0 unspecified atom stereocenters. The highest BCUT2D eigenvalue weighted by atomic mass is 35.5. The number of hydrogen-bond acceptors (Lipinski definition) is 3. The van der Waals surface area contributed by atoms with Crippen molar-refractivity contribution in [1.29, 1.82) is 0 Å². The third-order valence-corrected chi connectivity index (χ3v) is 3.88. The van der Waals surface area contributed by atoms with E-state index in [4.69, 9.17) is 16.3 Å². The largest absolute Gasteiger partial charge is 0.573 e. The molecule has 0 radical (unpaired) electrons. The first kappa shape index (κ1) is 19.8. The fourth-order valence-corrected chi connectivity index (χ4v) is 2.81. The third kappa shape index (κ3) is 5.11. The standard InChI is InChI=1S/C14H14ClF3O3.C2H6/c15-9-12(19)13(5-7-20-8-6-13)10-1-3-11(4-2-10)21-14(16,17)18;1-2/h1-4H,5-9H2;1-2H3. The second kappa shape index (κ2) is 8.55. The highest BCUT2D eigenvalue weighted by molar-refractivity contribution is 6.29. The van der Waals surface area contributed by atoms with E-state index >= 15 is 0 Å². The molecule has 0 N–H and O–H groups in total. The Kier molecular flexibility index (Phi) is 7.35. The monoisotopic (exact) mass is 352 g/mol. The molecule has 1 aliphatic heterocycles. The summed E-state index contributed by atoms with van der Waals surface area (Å²) in [6, 6.07) is 5.39. The zero-order valence-electron chi connectivity index (χ0n) is 13.1. The van der Waals surface area contributed by atoms with E-state index < -0.39 is 11.8 Å². The first-order valence-corrected chi connectivity index (χ1v) is 7.94. The summed E-state index contributed by atoms with van der Waals surface area (Å²) in [5.74, 6) is -0.593. The summed E-state index contributed by atoms with van der Waals surface area (Å²) in [4.78, 5) is 12.2. The molecular formula is C16H20ClF3O3. The quantitative estimate of drug-likeness (QED) is 0.750. The fraction of sp³-hybridized carbons (Fsp3) is 0.562. The Morgan fingerprint density at radius 1 is 1.22 bits per heavy atom. The number of hydrogen-bond donors (Lipinski definition) is 0. The molecule has 0 aromatic heterocycles. The Morgan fingerprint density at radius 2 is 1.74 bits per heavy atom. The minimum Gasteiger partial charge on any atom is -0.406 e. The first-order valence-electron chi connectivity index (χ1n) is 7.41. The smallest absolute Gasteiger partial charge is 0.406 e. The van der Waals surface area contributed by atoms with Gasteiger partial charge in [-0.2, -0.15) is 0 Å². The van der Waals surface area contributed by atoms with E-state index in [1.54, 1.807) is 0 Å². The van der Waals surface area contributed by atoms with Crippen LogP contribution in [0.15, 0.2) is 24.3 Å². The van der Waals surface area contributed by atoms with Crippen LogP contribution in [0, 0.1) is 0 Å². The summed E-state index contributed by atoms with van der Waals surface area (Å²) in [5.41, 5.74) is -0.137. The molecule has 1 aromatic rings. The van der Waals surface area contributed by atoms with Crippen LogP contribution in [0.3, 0.4) is 0 Å². The molecule has 0 bridgehead atoms. The second-order valence-electron chi connectivity index (χ2n) is 4.82. The van der Waals surface area contributed by atoms with Crippen LogP contribution in [0.2, 0.25) is 0 Å². The maximum absolute atomic E-state index is 12.2. The van der Waals surface area contributed by atoms with Crippen LogP contribution >= 0.6 is 11.6 Å². The Hall–Kier alpha value is -1.27. The molecule has 2 rings (SSSR count). The summed E-state index contributed by atoms with van der Waals surface area (Å²) in [5, 5.41) is 0. The second-order valence-corrected chi connectivity index (χ2v) is 5.09. The molecule has 1 heterocycles. The minimum absolute atomic E-state index is 0.138. The number of Topliss-reactive ketones (excluding diaryl/α,β-unsaturated/α-hetero) is 1. The van der Waals surface area contributed by atoms with Crippen molar-refractivity contribution in [1.82, 2.24) is 0 Å². The number of alkyl halides is 4. The zero-order chi connectivity index (χ0) is 17.5. The lowest BCUT2D eigenvalue weighted by Gasteiger charge is -2.36. The molecule has 23 heavy (non-hydrogen) atoms. The van der Waals surface area contributed by atoms with Gasteiger partial charge >= 0.3 is 6.36 Å². The van der Waals surface area contributed by atoms with E-state index in [1.807, 2.05) is 13.8 Å². The van der Waals surface area contributed by atoms with Gasteiger partial charge in [0.2, 0.25) is 0 Å².